The lowest BCUT2D eigenvalue weighted by Gasteiger charge is -2.10. The molecule has 0 saturated carbocycles. The molecular formula is C14H22N2O2. The molecule has 1 aromatic rings. The number of amides is 1. The molecule has 4 nitrogen and oxygen atoms in total. The number of carbonyl (C=O) groups excluding carboxylic acids is 1. The Hall–Kier alpha value is -1.55. The predicted molar refractivity (Wildman–Crippen MR) is 72.4 cm³/mol. The smallest absolute Gasteiger partial charge is 0.223 e. The molecule has 0 aromatic heterocycles. The third-order valence-corrected chi connectivity index (χ3v) is 2.45. The van der Waals surface area contributed by atoms with Crippen LogP contribution in [0.1, 0.15) is 38.8 Å². The average Bonchev–Trinajstić information content (AvgIpc) is 2.28. The molecule has 1 aromatic carbocycles. The molecule has 1 rings (SSSR count). The highest BCUT2D eigenvalue weighted by Crippen LogP contribution is 2.16. The molecule has 0 bridgehead atoms. The summed E-state index contributed by atoms with van der Waals surface area (Å²) in [5.74, 6) is 0.772. The normalized spacial score (nSPS) is 12.3. The van der Waals surface area contributed by atoms with Gasteiger partial charge in [0.15, 0.2) is 0 Å². The minimum atomic E-state index is 0.0113. The Morgan fingerprint density at radius 1 is 1.28 bits per heavy atom. The van der Waals surface area contributed by atoms with E-state index in [0.29, 0.717) is 13.0 Å². The van der Waals surface area contributed by atoms with Crippen molar-refractivity contribution in [3.63, 3.8) is 0 Å². The molecule has 0 spiro atoms. The zero-order valence-corrected chi connectivity index (χ0v) is 11.3. The van der Waals surface area contributed by atoms with E-state index in [0.717, 1.165) is 11.3 Å². The van der Waals surface area contributed by atoms with Crippen molar-refractivity contribution >= 4 is 5.91 Å². The first kappa shape index (κ1) is 14.5. The lowest BCUT2D eigenvalue weighted by atomic mass is 10.1. The lowest BCUT2D eigenvalue weighted by molar-refractivity contribution is -0.122. The van der Waals surface area contributed by atoms with Crippen molar-refractivity contribution in [2.75, 3.05) is 6.61 Å². The number of ether oxygens (including phenoxy) is 1. The fourth-order valence-corrected chi connectivity index (χ4v) is 1.52. The number of nitrogens with one attached hydrogen (secondary N) is 1. The predicted octanol–water partition coefficient (Wildman–Crippen LogP) is 2.00. The number of nitrogens with two attached hydrogens (primary N) is 1. The summed E-state index contributed by atoms with van der Waals surface area (Å²) in [6.07, 6.45) is 0.368. The minimum Gasteiger partial charge on any atom is -0.493 e. The second kappa shape index (κ2) is 7.01. The van der Waals surface area contributed by atoms with Gasteiger partial charge in [0, 0.05) is 12.1 Å². The standard InChI is InChI=1S/C14H22N2O2/c1-10(2)16-14(17)8-9-18-13-6-4-12(5-7-13)11(3)15/h4-7,10-11H,8-9,15H2,1-3H3,(H,16,17)/t11-/m1/s1. The van der Waals surface area contributed by atoms with Crippen molar-refractivity contribution in [2.45, 2.75) is 39.3 Å². The number of rotatable bonds is 6. The lowest BCUT2D eigenvalue weighted by Crippen LogP contribution is -2.31. The molecule has 0 aliphatic carbocycles. The highest BCUT2D eigenvalue weighted by Gasteiger charge is 2.04. The van der Waals surface area contributed by atoms with Crippen LogP contribution in [0.3, 0.4) is 0 Å². The first-order chi connectivity index (χ1) is 8.49. The maximum atomic E-state index is 11.4. The van der Waals surface area contributed by atoms with Crippen LogP contribution in [-0.4, -0.2) is 18.6 Å². The molecule has 3 N–H and O–H groups in total. The van der Waals surface area contributed by atoms with Crippen LogP contribution < -0.4 is 15.8 Å². The van der Waals surface area contributed by atoms with Gasteiger partial charge in [-0.2, -0.15) is 0 Å². The zero-order valence-electron chi connectivity index (χ0n) is 11.3. The van der Waals surface area contributed by atoms with Gasteiger partial charge < -0.3 is 15.8 Å². The maximum absolute atomic E-state index is 11.4. The Bertz CT molecular complexity index is 372. The highest BCUT2D eigenvalue weighted by molar-refractivity contribution is 5.76. The summed E-state index contributed by atoms with van der Waals surface area (Å²) in [6.45, 7) is 6.19. The fourth-order valence-electron chi connectivity index (χ4n) is 1.52. The van der Waals surface area contributed by atoms with Crippen molar-refractivity contribution in [2.24, 2.45) is 5.73 Å². The number of hydrogen-bond donors (Lipinski definition) is 2. The number of carbonyl (C=O) groups is 1. The third kappa shape index (κ3) is 5.19. The summed E-state index contributed by atoms with van der Waals surface area (Å²) in [5, 5.41) is 2.82. The highest BCUT2D eigenvalue weighted by atomic mass is 16.5. The fraction of sp³-hybridized carbons (Fsp3) is 0.500. The Kier molecular flexibility index (Phi) is 5.65. The molecule has 0 unspecified atom stereocenters. The van der Waals surface area contributed by atoms with Gasteiger partial charge in [0.2, 0.25) is 5.91 Å². The summed E-state index contributed by atoms with van der Waals surface area (Å²) in [5.41, 5.74) is 6.83. The Morgan fingerprint density at radius 2 is 1.89 bits per heavy atom. The Balaban J connectivity index is 2.33. The number of benzene rings is 1. The second-order valence-corrected chi connectivity index (χ2v) is 4.68. The molecule has 18 heavy (non-hydrogen) atoms. The summed E-state index contributed by atoms with van der Waals surface area (Å²) >= 11 is 0. The van der Waals surface area contributed by atoms with E-state index in [-0.39, 0.29) is 18.0 Å². The molecule has 0 fully saturated rings. The van der Waals surface area contributed by atoms with Gasteiger partial charge in [0.1, 0.15) is 5.75 Å². The molecule has 0 aliphatic rings. The van der Waals surface area contributed by atoms with E-state index in [9.17, 15) is 4.79 Å². The monoisotopic (exact) mass is 250 g/mol. The quantitative estimate of drug-likeness (QED) is 0.811. The minimum absolute atomic E-state index is 0.0113. The van der Waals surface area contributed by atoms with Crippen LogP contribution in [0.15, 0.2) is 24.3 Å². The van der Waals surface area contributed by atoms with Crippen molar-refractivity contribution in [3.8, 4) is 5.75 Å². The van der Waals surface area contributed by atoms with Crippen LogP contribution in [0.2, 0.25) is 0 Å². The van der Waals surface area contributed by atoms with Crippen LogP contribution in [-0.2, 0) is 4.79 Å². The summed E-state index contributed by atoms with van der Waals surface area (Å²) in [4.78, 5) is 11.4. The third-order valence-electron chi connectivity index (χ3n) is 2.45. The van der Waals surface area contributed by atoms with Crippen molar-refractivity contribution in [3.05, 3.63) is 29.8 Å². The Morgan fingerprint density at radius 3 is 2.39 bits per heavy atom. The van der Waals surface area contributed by atoms with E-state index >= 15 is 0 Å². The molecule has 0 radical (unpaired) electrons. The van der Waals surface area contributed by atoms with Crippen LogP contribution in [0.4, 0.5) is 0 Å². The van der Waals surface area contributed by atoms with Crippen LogP contribution in [0.25, 0.3) is 0 Å². The van der Waals surface area contributed by atoms with Gasteiger partial charge in [-0.1, -0.05) is 12.1 Å². The van der Waals surface area contributed by atoms with Gasteiger partial charge in [0.25, 0.3) is 0 Å². The van der Waals surface area contributed by atoms with Crippen LogP contribution >= 0.6 is 0 Å². The van der Waals surface area contributed by atoms with Gasteiger partial charge in [0.05, 0.1) is 13.0 Å². The molecule has 1 atom stereocenters. The zero-order chi connectivity index (χ0) is 13.5. The molecule has 1 amide bonds. The Labute approximate surface area is 109 Å². The molecule has 4 heteroatoms. The largest absolute Gasteiger partial charge is 0.493 e. The summed E-state index contributed by atoms with van der Waals surface area (Å²) in [6, 6.07) is 7.82. The van der Waals surface area contributed by atoms with Gasteiger partial charge in [-0.25, -0.2) is 0 Å². The van der Waals surface area contributed by atoms with Crippen molar-refractivity contribution < 1.29 is 9.53 Å². The number of hydrogen-bond acceptors (Lipinski definition) is 3. The maximum Gasteiger partial charge on any atom is 0.223 e. The first-order valence-corrected chi connectivity index (χ1v) is 6.26. The van der Waals surface area contributed by atoms with Gasteiger partial charge in [-0.15, -0.1) is 0 Å². The van der Waals surface area contributed by atoms with Crippen molar-refractivity contribution in [1.29, 1.82) is 0 Å². The molecule has 0 heterocycles. The molecular weight excluding hydrogens is 228 g/mol. The van der Waals surface area contributed by atoms with Gasteiger partial charge in [-0.3, -0.25) is 4.79 Å². The summed E-state index contributed by atoms with van der Waals surface area (Å²) in [7, 11) is 0. The first-order valence-electron chi connectivity index (χ1n) is 6.26. The van der Waals surface area contributed by atoms with Crippen LogP contribution in [0.5, 0.6) is 5.75 Å². The van der Waals surface area contributed by atoms with E-state index in [1.807, 2.05) is 45.0 Å². The van der Waals surface area contributed by atoms with Crippen molar-refractivity contribution in [1.82, 2.24) is 5.32 Å². The van der Waals surface area contributed by atoms with E-state index in [1.165, 1.54) is 0 Å². The van der Waals surface area contributed by atoms with E-state index < -0.39 is 0 Å². The van der Waals surface area contributed by atoms with E-state index in [2.05, 4.69) is 5.32 Å². The topological polar surface area (TPSA) is 64.3 Å². The molecule has 0 saturated heterocycles. The van der Waals surface area contributed by atoms with Crippen LogP contribution in [0, 0.1) is 0 Å². The summed E-state index contributed by atoms with van der Waals surface area (Å²) < 4.78 is 5.49. The van der Waals surface area contributed by atoms with Gasteiger partial charge in [-0.05, 0) is 38.5 Å². The average molecular weight is 250 g/mol. The van der Waals surface area contributed by atoms with Gasteiger partial charge >= 0.3 is 0 Å². The second-order valence-electron chi connectivity index (χ2n) is 4.68. The molecule has 0 aliphatic heterocycles. The molecule has 100 valence electrons. The van der Waals surface area contributed by atoms with E-state index in [1.54, 1.807) is 0 Å². The van der Waals surface area contributed by atoms with E-state index in [4.69, 9.17) is 10.5 Å². The SMILES string of the molecule is CC(C)NC(=O)CCOc1ccc([C@@H](C)N)cc1.